The molecule has 2 unspecified atom stereocenters. The Kier molecular flexibility index (Phi) is 4.91. The maximum Gasteiger partial charge on any atom is 0.158 e. The van der Waals surface area contributed by atoms with Crippen LogP contribution in [0.1, 0.15) is 72.1 Å². The van der Waals surface area contributed by atoms with E-state index in [1.807, 2.05) is 0 Å². The molecule has 112 valence electrons. The van der Waals surface area contributed by atoms with E-state index in [0.717, 1.165) is 38.5 Å². The Hall–Kier alpha value is -0.120. The molecule has 1 saturated heterocycles. The van der Waals surface area contributed by atoms with Crippen molar-refractivity contribution in [3.63, 3.8) is 0 Å². The second-order valence-electron chi connectivity index (χ2n) is 7.21. The van der Waals surface area contributed by atoms with Crippen LogP contribution in [-0.2, 0) is 9.47 Å². The van der Waals surface area contributed by atoms with Gasteiger partial charge in [0.15, 0.2) is 6.29 Å². The average molecular weight is 270 g/mol. The Morgan fingerprint density at radius 3 is 2.53 bits per heavy atom. The van der Waals surface area contributed by atoms with E-state index in [2.05, 4.69) is 20.8 Å². The van der Waals surface area contributed by atoms with E-state index in [0.29, 0.717) is 12.0 Å². The van der Waals surface area contributed by atoms with Crippen LogP contribution in [0.25, 0.3) is 0 Å². The molecule has 1 heterocycles. The molecule has 2 fully saturated rings. The van der Waals surface area contributed by atoms with Crippen molar-refractivity contribution in [2.45, 2.75) is 90.1 Å². The molecule has 19 heavy (non-hydrogen) atoms. The first kappa shape index (κ1) is 15.3. The molecule has 0 aromatic carbocycles. The zero-order valence-electron chi connectivity index (χ0n) is 12.8. The highest BCUT2D eigenvalue weighted by Crippen LogP contribution is 2.47. The van der Waals surface area contributed by atoms with Gasteiger partial charge in [0.05, 0.1) is 18.3 Å². The van der Waals surface area contributed by atoms with Gasteiger partial charge in [0, 0.05) is 6.42 Å². The summed E-state index contributed by atoms with van der Waals surface area (Å²) in [6.45, 7) is 7.20. The summed E-state index contributed by atoms with van der Waals surface area (Å²) in [6, 6.07) is 0. The van der Waals surface area contributed by atoms with Gasteiger partial charge in [-0.05, 0) is 43.9 Å². The van der Waals surface area contributed by atoms with Crippen molar-refractivity contribution in [2.24, 2.45) is 5.41 Å². The standard InChI is InChI=1S/C16H30O3/c1-4-5-13(17)12-18-14-6-7-16(19-14)10-8-15(2,3)9-11-16/h13-14,17H,4-12H2,1-3H3. The van der Waals surface area contributed by atoms with Gasteiger partial charge in [0.25, 0.3) is 0 Å². The first-order chi connectivity index (χ1) is 8.95. The van der Waals surface area contributed by atoms with Crippen LogP contribution in [0.3, 0.4) is 0 Å². The number of hydrogen-bond acceptors (Lipinski definition) is 3. The van der Waals surface area contributed by atoms with Gasteiger partial charge in [-0.25, -0.2) is 0 Å². The normalized spacial score (nSPS) is 30.6. The molecule has 0 amide bonds. The van der Waals surface area contributed by atoms with Crippen LogP contribution < -0.4 is 0 Å². The van der Waals surface area contributed by atoms with Crippen molar-refractivity contribution in [1.82, 2.24) is 0 Å². The molecule has 1 aliphatic carbocycles. The van der Waals surface area contributed by atoms with Gasteiger partial charge in [-0.2, -0.15) is 0 Å². The number of aliphatic hydroxyl groups is 1. The third-order valence-electron chi connectivity index (χ3n) is 4.83. The van der Waals surface area contributed by atoms with Crippen LogP contribution in [-0.4, -0.2) is 29.7 Å². The molecule has 3 heteroatoms. The quantitative estimate of drug-likeness (QED) is 0.829. The molecule has 3 nitrogen and oxygen atoms in total. The topological polar surface area (TPSA) is 38.7 Å². The molecule has 1 aliphatic heterocycles. The fraction of sp³-hybridized carbons (Fsp3) is 1.00. The molecule has 2 rings (SSSR count). The maximum atomic E-state index is 9.70. The number of rotatable bonds is 5. The number of ether oxygens (including phenoxy) is 2. The Balaban J connectivity index is 1.74. The molecule has 0 aromatic heterocycles. The van der Waals surface area contributed by atoms with Gasteiger partial charge in [-0.15, -0.1) is 0 Å². The van der Waals surface area contributed by atoms with E-state index < -0.39 is 0 Å². The average Bonchev–Trinajstić information content (AvgIpc) is 2.76. The minimum atomic E-state index is -0.338. The van der Waals surface area contributed by atoms with E-state index in [-0.39, 0.29) is 18.0 Å². The van der Waals surface area contributed by atoms with Gasteiger partial charge >= 0.3 is 0 Å². The van der Waals surface area contributed by atoms with Crippen molar-refractivity contribution < 1.29 is 14.6 Å². The van der Waals surface area contributed by atoms with E-state index >= 15 is 0 Å². The molecule has 0 bridgehead atoms. The summed E-state index contributed by atoms with van der Waals surface area (Å²) in [5, 5.41) is 9.70. The molecule has 2 aliphatic rings. The predicted octanol–water partition coefficient (Wildman–Crippen LogP) is 3.64. The lowest BCUT2D eigenvalue weighted by Crippen LogP contribution is -2.37. The third-order valence-corrected chi connectivity index (χ3v) is 4.83. The molecule has 1 saturated carbocycles. The molecule has 0 radical (unpaired) electrons. The summed E-state index contributed by atoms with van der Waals surface area (Å²) < 4.78 is 11.9. The monoisotopic (exact) mass is 270 g/mol. The van der Waals surface area contributed by atoms with Crippen LogP contribution in [0.5, 0.6) is 0 Å². The number of aliphatic hydroxyl groups excluding tert-OH is 1. The Morgan fingerprint density at radius 1 is 1.21 bits per heavy atom. The number of hydrogen-bond donors (Lipinski definition) is 1. The molecule has 1 N–H and O–H groups in total. The highest BCUT2D eigenvalue weighted by atomic mass is 16.7. The Bertz CT molecular complexity index is 278. The summed E-state index contributed by atoms with van der Waals surface area (Å²) in [7, 11) is 0. The van der Waals surface area contributed by atoms with Crippen molar-refractivity contribution >= 4 is 0 Å². The van der Waals surface area contributed by atoms with E-state index in [4.69, 9.17) is 9.47 Å². The maximum absolute atomic E-state index is 9.70. The van der Waals surface area contributed by atoms with Crippen LogP contribution in [0, 0.1) is 5.41 Å². The minimum Gasteiger partial charge on any atom is -0.391 e. The third kappa shape index (κ3) is 4.17. The summed E-state index contributed by atoms with van der Waals surface area (Å²) in [5.41, 5.74) is 0.556. The van der Waals surface area contributed by atoms with Crippen molar-refractivity contribution in [3.8, 4) is 0 Å². The largest absolute Gasteiger partial charge is 0.391 e. The second-order valence-corrected chi connectivity index (χ2v) is 7.21. The molecular formula is C16H30O3. The molecule has 2 atom stereocenters. The lowest BCUT2D eigenvalue weighted by molar-refractivity contribution is -0.191. The SMILES string of the molecule is CCCC(O)COC1CCC2(CCC(C)(C)CC2)O1. The smallest absolute Gasteiger partial charge is 0.158 e. The Morgan fingerprint density at radius 2 is 1.89 bits per heavy atom. The minimum absolute atomic E-state index is 0.0793. The van der Waals surface area contributed by atoms with Crippen molar-refractivity contribution in [1.29, 1.82) is 0 Å². The van der Waals surface area contributed by atoms with Gasteiger partial charge in [0.1, 0.15) is 0 Å². The predicted molar refractivity (Wildman–Crippen MR) is 76.0 cm³/mol. The van der Waals surface area contributed by atoms with Gasteiger partial charge in [-0.1, -0.05) is 27.2 Å². The van der Waals surface area contributed by atoms with Crippen LogP contribution in [0.15, 0.2) is 0 Å². The first-order valence-electron chi connectivity index (χ1n) is 7.92. The lowest BCUT2D eigenvalue weighted by Gasteiger charge is -2.41. The van der Waals surface area contributed by atoms with E-state index in [1.54, 1.807) is 0 Å². The Labute approximate surface area is 117 Å². The van der Waals surface area contributed by atoms with Gasteiger partial charge in [0.2, 0.25) is 0 Å². The van der Waals surface area contributed by atoms with Gasteiger partial charge < -0.3 is 14.6 Å². The van der Waals surface area contributed by atoms with E-state index in [9.17, 15) is 5.11 Å². The fourth-order valence-corrected chi connectivity index (χ4v) is 3.28. The highest BCUT2D eigenvalue weighted by molar-refractivity contribution is 4.93. The van der Waals surface area contributed by atoms with Crippen LogP contribution in [0.4, 0.5) is 0 Å². The van der Waals surface area contributed by atoms with Crippen LogP contribution in [0.2, 0.25) is 0 Å². The molecule has 0 aromatic rings. The second kappa shape index (κ2) is 6.11. The van der Waals surface area contributed by atoms with Gasteiger partial charge in [-0.3, -0.25) is 0 Å². The zero-order valence-corrected chi connectivity index (χ0v) is 12.8. The molecular weight excluding hydrogens is 240 g/mol. The van der Waals surface area contributed by atoms with Crippen molar-refractivity contribution in [3.05, 3.63) is 0 Å². The fourth-order valence-electron chi connectivity index (χ4n) is 3.28. The lowest BCUT2D eigenvalue weighted by atomic mass is 9.70. The zero-order chi connectivity index (χ0) is 13.9. The summed E-state index contributed by atoms with van der Waals surface area (Å²) >= 11 is 0. The highest BCUT2D eigenvalue weighted by Gasteiger charge is 2.44. The summed E-state index contributed by atoms with van der Waals surface area (Å²) in [6.07, 6.45) is 8.31. The van der Waals surface area contributed by atoms with E-state index in [1.165, 1.54) is 12.8 Å². The molecule has 1 spiro atoms. The summed E-state index contributed by atoms with van der Waals surface area (Å²) in [4.78, 5) is 0. The summed E-state index contributed by atoms with van der Waals surface area (Å²) in [5.74, 6) is 0. The first-order valence-corrected chi connectivity index (χ1v) is 7.92. The van der Waals surface area contributed by atoms with Crippen LogP contribution >= 0.6 is 0 Å². The van der Waals surface area contributed by atoms with Crippen molar-refractivity contribution in [2.75, 3.05) is 6.61 Å².